The van der Waals surface area contributed by atoms with Crippen LogP contribution in [0.3, 0.4) is 0 Å². The molecule has 1 heterocycles. The van der Waals surface area contributed by atoms with Gasteiger partial charge in [0.15, 0.2) is 5.69 Å². The lowest BCUT2D eigenvalue weighted by Gasteiger charge is -2.13. The summed E-state index contributed by atoms with van der Waals surface area (Å²) in [5.41, 5.74) is 3.42. The molecule has 0 spiro atoms. The van der Waals surface area contributed by atoms with Crippen LogP contribution in [0.4, 0.5) is 27.8 Å². The smallest absolute Gasteiger partial charge is 0.383 e. The highest BCUT2D eigenvalue weighted by Gasteiger charge is 2.38. The third-order valence-electron chi connectivity index (χ3n) is 3.05. The maximum atomic E-state index is 13.4. The number of aromatic nitrogens is 2. The zero-order chi connectivity index (χ0) is 20.0. The van der Waals surface area contributed by atoms with Crippen LogP contribution in [-0.2, 0) is 17.0 Å². The average molecular weight is 433 g/mol. The van der Waals surface area contributed by atoms with Crippen LogP contribution in [0.5, 0.6) is 0 Å². The van der Waals surface area contributed by atoms with Crippen molar-refractivity contribution in [1.29, 1.82) is 5.26 Å². The lowest BCUT2D eigenvalue weighted by molar-refractivity contribution is -0.137. The lowest BCUT2D eigenvalue weighted by atomic mass is 10.2. The number of anilines is 1. The predicted octanol–water partition coefficient (Wildman–Crippen LogP) is 4.37. The maximum Gasteiger partial charge on any atom is 0.416 e. The third kappa shape index (κ3) is 3.62. The Morgan fingerprint density at radius 2 is 1.73 bits per heavy atom. The monoisotopic (exact) mass is 432 g/mol. The van der Waals surface area contributed by atoms with Gasteiger partial charge in [-0.3, -0.25) is 0 Å². The summed E-state index contributed by atoms with van der Waals surface area (Å²) in [5, 5.41) is 7.78. The van der Waals surface area contributed by atoms with Gasteiger partial charge in [0.2, 0.25) is 0 Å². The molecule has 1 unspecified atom stereocenters. The van der Waals surface area contributed by atoms with Gasteiger partial charge in [-0.25, -0.2) is 8.89 Å². The van der Waals surface area contributed by atoms with Gasteiger partial charge in [0.1, 0.15) is 33.3 Å². The summed E-state index contributed by atoms with van der Waals surface area (Å²) >= 11 is 11.6. The molecule has 2 aromatic rings. The Balaban J connectivity index is 2.75. The van der Waals surface area contributed by atoms with Gasteiger partial charge in [-0.2, -0.15) is 32.3 Å². The number of nitrogens with zero attached hydrogens (tertiary/aromatic N) is 3. The minimum absolute atomic E-state index is 0.346. The van der Waals surface area contributed by atoms with Crippen molar-refractivity contribution < 1.29 is 26.2 Å². The van der Waals surface area contributed by atoms with Gasteiger partial charge >= 0.3 is 11.4 Å². The molecule has 0 bridgehead atoms. The van der Waals surface area contributed by atoms with Crippen molar-refractivity contribution in [2.24, 2.45) is 0 Å². The molecule has 2 rings (SSSR count). The molecule has 26 heavy (non-hydrogen) atoms. The van der Waals surface area contributed by atoms with E-state index in [9.17, 15) is 26.2 Å². The van der Waals surface area contributed by atoms with E-state index in [-0.39, 0.29) is 5.69 Å². The van der Waals surface area contributed by atoms with E-state index in [4.69, 9.17) is 34.2 Å². The molecule has 0 aliphatic rings. The van der Waals surface area contributed by atoms with Crippen molar-refractivity contribution >= 4 is 39.8 Å². The Kier molecular flexibility index (Phi) is 5.24. The number of nitriles is 1. The van der Waals surface area contributed by atoms with E-state index in [0.29, 0.717) is 23.7 Å². The quantitative estimate of drug-likeness (QED) is 0.729. The number of alkyl halides is 5. The average Bonchev–Trinajstić information content (AvgIpc) is 2.80. The molecule has 0 saturated heterocycles. The maximum absolute atomic E-state index is 13.4. The molecule has 0 fully saturated rings. The lowest BCUT2D eigenvalue weighted by Crippen LogP contribution is -2.19. The third-order valence-corrected chi connectivity index (χ3v) is 5.05. The van der Waals surface area contributed by atoms with Gasteiger partial charge < -0.3 is 5.73 Å². The number of nitrogens with two attached hydrogens (primary N) is 1. The predicted molar refractivity (Wildman–Crippen MR) is 84.7 cm³/mol. The molecule has 13 heteroatoms. The minimum atomic E-state index is -4.74. The normalized spacial score (nSPS) is 13.5. The Labute approximate surface area is 155 Å². The first-order chi connectivity index (χ1) is 11.8. The molecule has 0 aliphatic carbocycles. The van der Waals surface area contributed by atoms with Crippen LogP contribution in [0.25, 0.3) is 5.69 Å². The number of hydrogen-bond acceptors (Lipinski definition) is 4. The Morgan fingerprint density at radius 1 is 1.23 bits per heavy atom. The van der Waals surface area contributed by atoms with Crippen LogP contribution >= 0.6 is 23.2 Å². The molecule has 5 nitrogen and oxygen atoms in total. The van der Waals surface area contributed by atoms with Gasteiger partial charge in [0, 0.05) is 6.92 Å². The fraction of sp³-hybridized carbons (Fsp3) is 0.231. The van der Waals surface area contributed by atoms with Gasteiger partial charge in [0.25, 0.3) is 0 Å². The summed E-state index contributed by atoms with van der Waals surface area (Å²) in [6.45, 7) is 0.346. The van der Waals surface area contributed by atoms with Gasteiger partial charge in [0.05, 0.1) is 15.6 Å². The summed E-state index contributed by atoms with van der Waals surface area (Å²) in [5.74, 6) is -0.662. The molecule has 0 saturated carbocycles. The first kappa shape index (κ1) is 20.4. The molecular weight excluding hydrogens is 426 g/mol. The molecule has 0 radical (unpaired) electrons. The fourth-order valence-corrected chi connectivity index (χ4v) is 3.50. The van der Waals surface area contributed by atoms with Crippen LogP contribution in [0.15, 0.2) is 17.0 Å². The van der Waals surface area contributed by atoms with Gasteiger partial charge in [-0.05, 0) is 12.1 Å². The summed E-state index contributed by atoms with van der Waals surface area (Å²) in [6.07, 6.45) is -4.74. The van der Waals surface area contributed by atoms with E-state index in [1.807, 2.05) is 0 Å². The van der Waals surface area contributed by atoms with Crippen LogP contribution in [0, 0.1) is 11.3 Å². The number of hydrogen-bond donors (Lipinski definition) is 1. The van der Waals surface area contributed by atoms with Crippen molar-refractivity contribution in [1.82, 2.24) is 9.78 Å². The first-order valence-electron chi connectivity index (χ1n) is 6.44. The topological polar surface area (TPSA) is 84.7 Å². The second kappa shape index (κ2) is 6.68. The van der Waals surface area contributed by atoms with E-state index in [0.717, 1.165) is 0 Å². The standard InChI is InChI=1S/C13H7Cl2F5N4OS/c1-12(16,17)26(25)10-8(4-21)23-24(11(10)22)9-6(14)2-5(3-7(9)15)13(18,19)20/h2-3H,22H2,1H3. The minimum Gasteiger partial charge on any atom is -0.383 e. The van der Waals surface area contributed by atoms with Crippen molar-refractivity contribution in [2.45, 2.75) is 23.3 Å². The molecule has 0 amide bonds. The largest absolute Gasteiger partial charge is 0.416 e. The molecule has 1 atom stereocenters. The van der Waals surface area contributed by atoms with E-state index in [1.54, 1.807) is 0 Å². The van der Waals surface area contributed by atoms with E-state index >= 15 is 0 Å². The van der Waals surface area contributed by atoms with Crippen LogP contribution in [0.2, 0.25) is 10.0 Å². The highest BCUT2D eigenvalue weighted by molar-refractivity contribution is 7.86. The second-order valence-corrected chi connectivity index (χ2v) is 7.43. The molecule has 0 aliphatic heterocycles. The fourth-order valence-electron chi connectivity index (χ4n) is 1.95. The number of nitrogen functional groups attached to an aromatic ring is 1. The number of halogens is 7. The van der Waals surface area contributed by atoms with E-state index in [1.165, 1.54) is 6.07 Å². The van der Waals surface area contributed by atoms with Crippen LogP contribution < -0.4 is 5.73 Å². The van der Waals surface area contributed by atoms with Gasteiger partial charge in [-0.15, -0.1) is 0 Å². The number of rotatable bonds is 3. The van der Waals surface area contributed by atoms with Crippen molar-refractivity contribution in [2.75, 3.05) is 5.73 Å². The summed E-state index contributed by atoms with van der Waals surface area (Å²) in [6, 6.07) is 2.51. The van der Waals surface area contributed by atoms with Crippen LogP contribution in [0.1, 0.15) is 18.2 Å². The second-order valence-electron chi connectivity index (χ2n) is 4.95. The Hall–Kier alpha value is -1.90. The molecule has 1 aromatic heterocycles. The summed E-state index contributed by atoms with van der Waals surface area (Å²) in [7, 11) is -3.04. The Bertz CT molecular complexity index is 923. The number of benzene rings is 1. The van der Waals surface area contributed by atoms with Crippen LogP contribution in [-0.4, -0.2) is 19.2 Å². The summed E-state index contributed by atoms with van der Waals surface area (Å²) in [4.78, 5) is -0.771. The molecular formula is C13H7Cl2F5N4OS. The zero-order valence-electron chi connectivity index (χ0n) is 12.5. The van der Waals surface area contributed by atoms with Crippen molar-refractivity contribution in [3.63, 3.8) is 0 Å². The summed E-state index contributed by atoms with van der Waals surface area (Å²) < 4.78 is 77.6. The molecule has 2 N–H and O–H groups in total. The first-order valence-corrected chi connectivity index (χ1v) is 8.34. The Morgan fingerprint density at radius 3 is 2.12 bits per heavy atom. The zero-order valence-corrected chi connectivity index (χ0v) is 14.9. The van der Waals surface area contributed by atoms with Crippen molar-refractivity contribution in [3.05, 3.63) is 33.4 Å². The molecule has 1 aromatic carbocycles. The molecule has 140 valence electrons. The van der Waals surface area contributed by atoms with E-state index in [2.05, 4.69) is 5.10 Å². The highest BCUT2D eigenvalue weighted by atomic mass is 35.5. The SMILES string of the molecule is CC(F)(F)S(=O)c1c(C#N)nn(-c2c(Cl)cc(C(F)(F)F)cc2Cl)c1N. The highest BCUT2D eigenvalue weighted by Crippen LogP contribution is 2.39. The van der Waals surface area contributed by atoms with E-state index < -0.39 is 54.2 Å². The van der Waals surface area contributed by atoms with Gasteiger partial charge in [-0.1, -0.05) is 23.2 Å². The van der Waals surface area contributed by atoms with Crippen molar-refractivity contribution in [3.8, 4) is 11.8 Å².